The summed E-state index contributed by atoms with van der Waals surface area (Å²) in [6, 6.07) is 0. The molecule has 0 spiro atoms. The number of hydrogen-bond acceptors (Lipinski definition) is 3. The minimum atomic E-state index is 0.430. The van der Waals surface area contributed by atoms with Crippen molar-refractivity contribution in [2.45, 2.75) is 25.3 Å². The Balaban J connectivity index is 1.84. The molecule has 1 saturated carbocycles. The molecule has 3 heteroatoms. The minimum absolute atomic E-state index is 0.430. The molecule has 1 saturated heterocycles. The summed E-state index contributed by atoms with van der Waals surface area (Å²) < 4.78 is 0. The lowest BCUT2D eigenvalue weighted by molar-refractivity contribution is 0.0910. The van der Waals surface area contributed by atoms with Gasteiger partial charge in [0, 0.05) is 38.3 Å². The van der Waals surface area contributed by atoms with Crippen molar-refractivity contribution >= 4 is 0 Å². The van der Waals surface area contributed by atoms with Gasteiger partial charge in [0.2, 0.25) is 0 Å². The van der Waals surface area contributed by atoms with Gasteiger partial charge in [-0.3, -0.25) is 4.90 Å². The minimum Gasteiger partial charge on any atom is -0.329 e. The summed E-state index contributed by atoms with van der Waals surface area (Å²) in [5.74, 6) is 0. The Bertz CT molecular complexity index is 169. The van der Waals surface area contributed by atoms with Gasteiger partial charge in [-0.05, 0) is 19.4 Å². The number of piperazine rings is 1. The highest BCUT2D eigenvalue weighted by Gasteiger charge is 2.46. The maximum absolute atomic E-state index is 5.81. The van der Waals surface area contributed by atoms with Gasteiger partial charge in [-0.1, -0.05) is 6.92 Å². The SMILES string of the molecule is CCN1CCN(C2(CN)CC2)CC1. The van der Waals surface area contributed by atoms with E-state index in [2.05, 4.69) is 16.7 Å². The first-order valence-electron chi connectivity index (χ1n) is 5.48. The molecule has 2 aliphatic rings. The van der Waals surface area contributed by atoms with Crippen LogP contribution < -0.4 is 5.73 Å². The summed E-state index contributed by atoms with van der Waals surface area (Å²) in [6.45, 7) is 9.22. The zero-order chi connectivity index (χ0) is 9.31. The van der Waals surface area contributed by atoms with Crippen LogP contribution in [0.3, 0.4) is 0 Å². The summed E-state index contributed by atoms with van der Waals surface area (Å²) in [7, 11) is 0. The van der Waals surface area contributed by atoms with Crippen LogP contribution in [0.1, 0.15) is 19.8 Å². The predicted octanol–water partition coefficient (Wildman–Crippen LogP) is 0.115. The molecular formula is C10H21N3. The average Bonchev–Trinajstić information content (AvgIpc) is 2.99. The fourth-order valence-electron chi connectivity index (χ4n) is 2.33. The summed E-state index contributed by atoms with van der Waals surface area (Å²) in [5, 5.41) is 0. The number of rotatable bonds is 3. The second kappa shape index (κ2) is 3.56. The third kappa shape index (κ3) is 1.73. The van der Waals surface area contributed by atoms with Gasteiger partial charge >= 0.3 is 0 Å². The molecule has 0 radical (unpaired) electrons. The first-order valence-corrected chi connectivity index (χ1v) is 5.48. The molecule has 0 atom stereocenters. The van der Waals surface area contributed by atoms with Gasteiger partial charge in [0.15, 0.2) is 0 Å². The normalized spacial score (nSPS) is 29.1. The molecule has 1 aliphatic carbocycles. The summed E-state index contributed by atoms with van der Waals surface area (Å²) in [4.78, 5) is 5.13. The van der Waals surface area contributed by atoms with E-state index in [0.29, 0.717) is 5.54 Å². The van der Waals surface area contributed by atoms with E-state index in [-0.39, 0.29) is 0 Å². The smallest absolute Gasteiger partial charge is 0.0334 e. The zero-order valence-electron chi connectivity index (χ0n) is 8.63. The number of likely N-dealkylation sites (N-methyl/N-ethyl adjacent to an activating group) is 1. The van der Waals surface area contributed by atoms with Crippen LogP contribution in [-0.2, 0) is 0 Å². The zero-order valence-corrected chi connectivity index (χ0v) is 8.63. The van der Waals surface area contributed by atoms with Crippen molar-refractivity contribution < 1.29 is 0 Å². The van der Waals surface area contributed by atoms with E-state index in [1.807, 2.05) is 0 Å². The van der Waals surface area contributed by atoms with E-state index in [0.717, 1.165) is 6.54 Å². The van der Waals surface area contributed by atoms with E-state index >= 15 is 0 Å². The summed E-state index contributed by atoms with van der Waals surface area (Å²) >= 11 is 0. The van der Waals surface area contributed by atoms with Gasteiger partial charge in [-0.15, -0.1) is 0 Å². The molecule has 0 aromatic heterocycles. The van der Waals surface area contributed by atoms with Gasteiger partial charge < -0.3 is 10.6 Å². The first-order chi connectivity index (χ1) is 6.30. The third-order valence-corrected chi connectivity index (χ3v) is 3.70. The molecule has 3 nitrogen and oxygen atoms in total. The third-order valence-electron chi connectivity index (χ3n) is 3.70. The van der Waals surface area contributed by atoms with Crippen LogP contribution >= 0.6 is 0 Å². The maximum Gasteiger partial charge on any atom is 0.0334 e. The topological polar surface area (TPSA) is 32.5 Å². The van der Waals surface area contributed by atoms with Gasteiger partial charge in [-0.25, -0.2) is 0 Å². The highest BCUT2D eigenvalue weighted by molar-refractivity contribution is 5.05. The van der Waals surface area contributed by atoms with Crippen molar-refractivity contribution in [1.82, 2.24) is 9.80 Å². The highest BCUT2D eigenvalue weighted by atomic mass is 15.3. The van der Waals surface area contributed by atoms with E-state index in [1.165, 1.54) is 45.6 Å². The van der Waals surface area contributed by atoms with Crippen molar-refractivity contribution in [3.63, 3.8) is 0 Å². The van der Waals surface area contributed by atoms with Crippen molar-refractivity contribution in [2.75, 3.05) is 39.3 Å². The van der Waals surface area contributed by atoms with Gasteiger partial charge in [-0.2, -0.15) is 0 Å². The molecule has 0 aromatic rings. The lowest BCUT2D eigenvalue weighted by atomic mass is 10.2. The van der Waals surface area contributed by atoms with Crippen molar-refractivity contribution in [2.24, 2.45) is 5.73 Å². The molecule has 13 heavy (non-hydrogen) atoms. The molecule has 0 unspecified atom stereocenters. The Morgan fingerprint density at radius 2 is 1.77 bits per heavy atom. The fourth-order valence-corrected chi connectivity index (χ4v) is 2.33. The Morgan fingerprint density at radius 1 is 1.15 bits per heavy atom. The van der Waals surface area contributed by atoms with Crippen LogP contribution in [0.15, 0.2) is 0 Å². The van der Waals surface area contributed by atoms with Crippen molar-refractivity contribution in [3.8, 4) is 0 Å². The second-order valence-electron chi connectivity index (χ2n) is 4.35. The van der Waals surface area contributed by atoms with Crippen LogP contribution in [0.2, 0.25) is 0 Å². The molecule has 1 heterocycles. The summed E-state index contributed by atoms with van der Waals surface area (Å²) in [5.41, 5.74) is 6.24. The van der Waals surface area contributed by atoms with E-state index in [4.69, 9.17) is 5.73 Å². The van der Waals surface area contributed by atoms with E-state index in [1.54, 1.807) is 0 Å². The number of nitrogens with zero attached hydrogens (tertiary/aromatic N) is 2. The standard InChI is InChI=1S/C10H21N3/c1-2-12-5-7-13(8-6-12)10(9-11)3-4-10/h2-9,11H2,1H3. The molecule has 2 N–H and O–H groups in total. The first kappa shape index (κ1) is 9.44. The Labute approximate surface area is 80.9 Å². The molecule has 0 bridgehead atoms. The van der Waals surface area contributed by atoms with Crippen LogP contribution in [0.5, 0.6) is 0 Å². The van der Waals surface area contributed by atoms with Gasteiger partial charge in [0.05, 0.1) is 0 Å². The lowest BCUT2D eigenvalue weighted by Crippen LogP contribution is -2.53. The molecule has 1 aliphatic heterocycles. The Morgan fingerprint density at radius 3 is 2.15 bits per heavy atom. The van der Waals surface area contributed by atoms with Crippen LogP contribution in [0.25, 0.3) is 0 Å². The number of hydrogen-bond donors (Lipinski definition) is 1. The molecule has 2 fully saturated rings. The van der Waals surface area contributed by atoms with E-state index in [9.17, 15) is 0 Å². The fraction of sp³-hybridized carbons (Fsp3) is 1.00. The second-order valence-corrected chi connectivity index (χ2v) is 4.35. The van der Waals surface area contributed by atoms with Gasteiger partial charge in [0.25, 0.3) is 0 Å². The van der Waals surface area contributed by atoms with Gasteiger partial charge in [0.1, 0.15) is 0 Å². The Hall–Kier alpha value is -0.120. The monoisotopic (exact) mass is 183 g/mol. The molecule has 0 amide bonds. The lowest BCUT2D eigenvalue weighted by Gasteiger charge is -2.39. The predicted molar refractivity (Wildman–Crippen MR) is 54.7 cm³/mol. The van der Waals surface area contributed by atoms with Crippen molar-refractivity contribution in [1.29, 1.82) is 0 Å². The molecule has 76 valence electrons. The largest absolute Gasteiger partial charge is 0.329 e. The molecule has 2 rings (SSSR count). The van der Waals surface area contributed by atoms with Crippen molar-refractivity contribution in [3.05, 3.63) is 0 Å². The Kier molecular flexibility index (Phi) is 2.58. The highest BCUT2D eigenvalue weighted by Crippen LogP contribution is 2.40. The molecular weight excluding hydrogens is 162 g/mol. The van der Waals surface area contributed by atoms with E-state index < -0.39 is 0 Å². The quantitative estimate of drug-likeness (QED) is 0.674. The number of nitrogens with two attached hydrogens (primary N) is 1. The summed E-state index contributed by atoms with van der Waals surface area (Å²) in [6.07, 6.45) is 2.66. The maximum atomic E-state index is 5.81. The van der Waals surface area contributed by atoms with Crippen LogP contribution in [-0.4, -0.2) is 54.6 Å². The van der Waals surface area contributed by atoms with Crippen LogP contribution in [0, 0.1) is 0 Å². The molecule has 0 aromatic carbocycles. The average molecular weight is 183 g/mol. The van der Waals surface area contributed by atoms with Crippen LogP contribution in [0.4, 0.5) is 0 Å².